The number of nitrogens with zero attached hydrogens (tertiary/aromatic N) is 2. The van der Waals surface area contributed by atoms with E-state index in [-0.39, 0.29) is 17.9 Å². The summed E-state index contributed by atoms with van der Waals surface area (Å²) in [7, 11) is 0. The number of hydrogen-bond donors (Lipinski definition) is 1. The molecule has 0 bridgehead atoms. The monoisotopic (exact) mass is 405 g/mol. The van der Waals surface area contributed by atoms with Crippen LogP contribution in [0.5, 0.6) is 0 Å². The molecule has 27 heavy (non-hydrogen) atoms. The van der Waals surface area contributed by atoms with Crippen LogP contribution in [0.15, 0.2) is 54.9 Å². The highest BCUT2D eigenvalue weighted by Gasteiger charge is 2.26. The van der Waals surface area contributed by atoms with Crippen LogP contribution < -0.4 is 0 Å². The molecule has 0 saturated carbocycles. The Morgan fingerprint density at radius 3 is 2.41 bits per heavy atom. The van der Waals surface area contributed by atoms with E-state index in [1.807, 2.05) is 24.4 Å². The second-order valence-corrected chi connectivity index (χ2v) is 7.74. The van der Waals surface area contributed by atoms with Gasteiger partial charge in [0.1, 0.15) is 11.6 Å². The molecule has 3 aromatic rings. The van der Waals surface area contributed by atoms with Crippen LogP contribution in [0.25, 0.3) is 0 Å². The van der Waals surface area contributed by atoms with Crippen molar-refractivity contribution in [2.45, 2.75) is 38.9 Å². The van der Waals surface area contributed by atoms with E-state index in [1.165, 1.54) is 6.07 Å². The lowest BCUT2D eigenvalue weighted by Crippen LogP contribution is -2.36. The lowest BCUT2D eigenvalue weighted by atomic mass is 10.0. The van der Waals surface area contributed by atoms with Gasteiger partial charge in [0, 0.05) is 35.0 Å². The molecule has 0 spiro atoms. The number of halogens is 3. The minimum Gasteiger partial charge on any atom is -0.347 e. The summed E-state index contributed by atoms with van der Waals surface area (Å²) < 4.78 is 13.7. The average Bonchev–Trinajstić information content (AvgIpc) is 3.11. The van der Waals surface area contributed by atoms with Gasteiger partial charge in [0.15, 0.2) is 0 Å². The maximum absolute atomic E-state index is 13.7. The summed E-state index contributed by atoms with van der Waals surface area (Å²) in [6.45, 7) is 4.86. The second-order valence-electron chi connectivity index (χ2n) is 6.87. The summed E-state index contributed by atoms with van der Waals surface area (Å²) in [5, 5.41) is 1.22. The fourth-order valence-corrected chi connectivity index (χ4v) is 3.85. The van der Waals surface area contributed by atoms with E-state index in [9.17, 15) is 4.39 Å². The molecule has 142 valence electrons. The largest absolute Gasteiger partial charge is 0.347 e. The van der Waals surface area contributed by atoms with Crippen LogP contribution in [0, 0.1) is 5.82 Å². The Morgan fingerprint density at radius 1 is 1.07 bits per heavy atom. The Hall–Kier alpha value is -1.88. The van der Waals surface area contributed by atoms with Crippen molar-refractivity contribution in [3.63, 3.8) is 0 Å². The molecule has 3 rings (SSSR count). The van der Waals surface area contributed by atoms with Crippen LogP contribution >= 0.6 is 23.2 Å². The lowest BCUT2D eigenvalue weighted by molar-refractivity contribution is 0.137. The first kappa shape index (κ1) is 19.9. The topological polar surface area (TPSA) is 31.9 Å². The third kappa shape index (κ3) is 5.32. The first-order valence-electron chi connectivity index (χ1n) is 8.87. The Bertz CT molecular complexity index is 861. The summed E-state index contributed by atoms with van der Waals surface area (Å²) in [4.78, 5) is 10.0. The molecular weight excluding hydrogens is 384 g/mol. The van der Waals surface area contributed by atoms with E-state index < -0.39 is 0 Å². The first-order valence-corrected chi connectivity index (χ1v) is 9.62. The van der Waals surface area contributed by atoms with Gasteiger partial charge in [0.05, 0.1) is 6.04 Å². The summed E-state index contributed by atoms with van der Waals surface area (Å²) in [6, 6.07) is 12.5. The molecule has 1 N–H and O–H groups in total. The van der Waals surface area contributed by atoms with E-state index in [0.29, 0.717) is 23.0 Å². The molecule has 0 aliphatic carbocycles. The van der Waals surface area contributed by atoms with Gasteiger partial charge in [-0.3, -0.25) is 4.90 Å². The second kappa shape index (κ2) is 8.87. The summed E-state index contributed by atoms with van der Waals surface area (Å²) >= 11 is 12.4. The SMILES string of the molecule is CC(C)N(Cc1cccc(F)c1)C(Cc1cc(Cl)cc(Cl)c1)c1ncc[nH]1. The van der Waals surface area contributed by atoms with Gasteiger partial charge in [0.2, 0.25) is 0 Å². The predicted molar refractivity (Wildman–Crippen MR) is 109 cm³/mol. The number of aromatic nitrogens is 2. The predicted octanol–water partition coefficient (Wildman–Crippen LogP) is 6.05. The first-order chi connectivity index (χ1) is 12.9. The van der Waals surface area contributed by atoms with Crippen molar-refractivity contribution in [3.8, 4) is 0 Å². The molecule has 0 amide bonds. The zero-order valence-corrected chi connectivity index (χ0v) is 16.8. The number of imidazole rings is 1. The van der Waals surface area contributed by atoms with Gasteiger partial charge in [0.25, 0.3) is 0 Å². The molecular formula is C21H22Cl2FN3. The van der Waals surface area contributed by atoms with Crippen molar-refractivity contribution in [1.29, 1.82) is 0 Å². The molecule has 0 aliphatic heterocycles. The van der Waals surface area contributed by atoms with E-state index in [1.54, 1.807) is 24.4 Å². The fourth-order valence-electron chi connectivity index (χ4n) is 3.28. The number of H-pyrrole nitrogens is 1. The zero-order chi connectivity index (χ0) is 19.4. The number of benzene rings is 2. The third-order valence-electron chi connectivity index (χ3n) is 4.50. The van der Waals surface area contributed by atoms with Crippen molar-refractivity contribution in [3.05, 3.63) is 87.7 Å². The smallest absolute Gasteiger partial charge is 0.123 e. The van der Waals surface area contributed by atoms with Crippen LogP contribution in [0.2, 0.25) is 10.0 Å². The van der Waals surface area contributed by atoms with E-state index in [4.69, 9.17) is 23.2 Å². The fraction of sp³-hybridized carbons (Fsp3) is 0.286. The Balaban J connectivity index is 1.94. The van der Waals surface area contributed by atoms with Gasteiger partial charge in [-0.15, -0.1) is 0 Å². The minimum atomic E-state index is -0.229. The highest BCUT2D eigenvalue weighted by molar-refractivity contribution is 6.34. The van der Waals surface area contributed by atoms with E-state index >= 15 is 0 Å². The van der Waals surface area contributed by atoms with Gasteiger partial charge in [-0.25, -0.2) is 9.37 Å². The number of rotatable bonds is 7. The molecule has 0 fully saturated rings. The highest BCUT2D eigenvalue weighted by Crippen LogP contribution is 2.29. The van der Waals surface area contributed by atoms with E-state index in [2.05, 4.69) is 28.7 Å². The molecule has 0 radical (unpaired) electrons. The molecule has 2 aromatic carbocycles. The van der Waals surface area contributed by atoms with Crippen LogP contribution in [0.1, 0.15) is 36.8 Å². The summed E-state index contributed by atoms with van der Waals surface area (Å²) in [5.41, 5.74) is 1.95. The standard InChI is InChI=1S/C21H22Cl2FN3/c1-14(2)27(13-15-4-3-5-19(24)10-15)20(21-25-6-7-26-21)11-16-8-17(22)12-18(23)9-16/h3-10,12,14,20H,11,13H2,1-2H3,(H,25,26). The molecule has 3 nitrogen and oxygen atoms in total. The van der Waals surface area contributed by atoms with Crippen molar-refractivity contribution >= 4 is 23.2 Å². The Morgan fingerprint density at radius 2 is 1.81 bits per heavy atom. The van der Waals surface area contributed by atoms with Crippen LogP contribution in [0.4, 0.5) is 4.39 Å². The van der Waals surface area contributed by atoms with Crippen LogP contribution in [0.3, 0.4) is 0 Å². The molecule has 6 heteroatoms. The van der Waals surface area contributed by atoms with Crippen molar-refractivity contribution in [1.82, 2.24) is 14.9 Å². The molecule has 0 saturated heterocycles. The van der Waals surface area contributed by atoms with Gasteiger partial charge in [-0.05, 0) is 61.7 Å². The Kier molecular flexibility index (Phi) is 6.53. The number of hydrogen-bond acceptors (Lipinski definition) is 2. The van der Waals surface area contributed by atoms with Gasteiger partial charge < -0.3 is 4.98 Å². The zero-order valence-electron chi connectivity index (χ0n) is 15.3. The van der Waals surface area contributed by atoms with Gasteiger partial charge >= 0.3 is 0 Å². The molecule has 1 heterocycles. The maximum atomic E-state index is 13.7. The van der Waals surface area contributed by atoms with E-state index in [0.717, 1.165) is 17.0 Å². The molecule has 1 atom stereocenters. The van der Waals surface area contributed by atoms with Gasteiger partial charge in [-0.1, -0.05) is 35.3 Å². The molecule has 1 aromatic heterocycles. The normalized spacial score (nSPS) is 12.7. The number of aromatic amines is 1. The highest BCUT2D eigenvalue weighted by atomic mass is 35.5. The van der Waals surface area contributed by atoms with Gasteiger partial charge in [-0.2, -0.15) is 0 Å². The van der Waals surface area contributed by atoms with Crippen LogP contribution in [-0.4, -0.2) is 20.9 Å². The van der Waals surface area contributed by atoms with Crippen LogP contribution in [-0.2, 0) is 13.0 Å². The quantitative estimate of drug-likeness (QED) is 0.518. The number of nitrogens with one attached hydrogen (secondary N) is 1. The molecule has 1 unspecified atom stereocenters. The maximum Gasteiger partial charge on any atom is 0.123 e. The third-order valence-corrected chi connectivity index (χ3v) is 4.94. The van der Waals surface area contributed by atoms with Crippen molar-refractivity contribution < 1.29 is 4.39 Å². The molecule has 0 aliphatic rings. The minimum absolute atomic E-state index is 0.0298. The van der Waals surface area contributed by atoms with Crippen molar-refractivity contribution in [2.75, 3.05) is 0 Å². The summed E-state index contributed by atoms with van der Waals surface area (Å²) in [5.74, 6) is 0.628. The lowest BCUT2D eigenvalue weighted by Gasteiger charge is -2.34. The Labute approximate surface area is 169 Å². The summed E-state index contributed by atoms with van der Waals surface area (Å²) in [6.07, 6.45) is 4.24. The average molecular weight is 406 g/mol. The van der Waals surface area contributed by atoms with Crippen molar-refractivity contribution in [2.24, 2.45) is 0 Å².